The molecule has 1 aromatic rings. The van der Waals surface area contributed by atoms with Crippen molar-refractivity contribution in [3.8, 4) is 0 Å². The van der Waals surface area contributed by atoms with Gasteiger partial charge in [0.05, 0.1) is 12.5 Å². The maximum Gasteiger partial charge on any atom is 0.314 e. The predicted molar refractivity (Wildman–Crippen MR) is 71.9 cm³/mol. The molecule has 0 N–H and O–H groups in total. The minimum atomic E-state index is -0.201. The average Bonchev–Trinajstić information content (AvgIpc) is 2.27. The normalized spacial score (nSPS) is 20.3. The number of hydrogen-bond acceptors (Lipinski definition) is 3. The minimum Gasteiger partial charge on any atom is -0.407 e. The van der Waals surface area contributed by atoms with Gasteiger partial charge in [-0.15, -0.1) is 0 Å². The van der Waals surface area contributed by atoms with E-state index in [1.54, 1.807) is 0 Å². The third kappa shape index (κ3) is 2.78. The van der Waals surface area contributed by atoms with Crippen molar-refractivity contribution in [2.24, 2.45) is 4.99 Å². The first kappa shape index (κ1) is 12.8. The molecule has 0 amide bonds. The van der Waals surface area contributed by atoms with E-state index in [0.717, 1.165) is 5.56 Å². The van der Waals surface area contributed by atoms with E-state index < -0.39 is 0 Å². The second-order valence-electron chi connectivity index (χ2n) is 5.79. The van der Waals surface area contributed by atoms with Gasteiger partial charge in [-0.05, 0) is 30.0 Å². The molecule has 1 aromatic carbocycles. The van der Waals surface area contributed by atoms with Gasteiger partial charge in [0.1, 0.15) is 0 Å². The van der Waals surface area contributed by atoms with Gasteiger partial charge in [0.2, 0.25) is 5.90 Å². The summed E-state index contributed by atoms with van der Waals surface area (Å²) in [4.78, 5) is 15.7. The molecular formula is C15H19NO2. The number of aliphatic imine (C=N–C) groups is 1. The van der Waals surface area contributed by atoms with Crippen molar-refractivity contribution in [1.29, 1.82) is 0 Å². The second kappa shape index (κ2) is 4.56. The van der Waals surface area contributed by atoms with Crippen LogP contribution in [0.2, 0.25) is 0 Å². The summed E-state index contributed by atoms with van der Waals surface area (Å²) < 4.78 is 5.18. The van der Waals surface area contributed by atoms with Crippen LogP contribution in [0.3, 0.4) is 0 Å². The molecule has 3 heteroatoms. The lowest BCUT2D eigenvalue weighted by atomic mass is 9.87. The van der Waals surface area contributed by atoms with Crippen LogP contribution in [0.25, 0.3) is 0 Å². The van der Waals surface area contributed by atoms with E-state index in [2.05, 4.69) is 37.9 Å². The Kier molecular flexibility index (Phi) is 3.24. The summed E-state index contributed by atoms with van der Waals surface area (Å²) in [5.41, 5.74) is 2.24. The quantitative estimate of drug-likeness (QED) is 0.713. The molecule has 0 fully saturated rings. The summed E-state index contributed by atoms with van der Waals surface area (Å²) in [7, 11) is 0. The zero-order chi connectivity index (χ0) is 13.3. The van der Waals surface area contributed by atoms with Crippen LogP contribution in [-0.2, 0) is 14.9 Å². The summed E-state index contributed by atoms with van der Waals surface area (Å²) in [6.07, 6.45) is 0.365. The molecule has 1 heterocycles. The Balaban J connectivity index is 2.27. The van der Waals surface area contributed by atoms with Gasteiger partial charge in [-0.25, -0.2) is 4.99 Å². The fourth-order valence-corrected chi connectivity index (χ4v) is 1.91. The molecule has 0 aromatic heterocycles. The lowest BCUT2D eigenvalue weighted by molar-refractivity contribution is -0.136. The average molecular weight is 245 g/mol. The summed E-state index contributed by atoms with van der Waals surface area (Å²) in [5.74, 6) is 0.242. The van der Waals surface area contributed by atoms with Crippen molar-refractivity contribution in [2.45, 2.75) is 45.6 Å². The summed E-state index contributed by atoms with van der Waals surface area (Å²) in [6.45, 7) is 8.43. The molecule has 1 atom stereocenters. The third-order valence-electron chi connectivity index (χ3n) is 3.01. The molecule has 0 aliphatic carbocycles. The van der Waals surface area contributed by atoms with Crippen LogP contribution in [0.5, 0.6) is 0 Å². The lowest BCUT2D eigenvalue weighted by Crippen LogP contribution is -2.24. The Morgan fingerprint density at radius 3 is 2.33 bits per heavy atom. The molecular weight excluding hydrogens is 226 g/mol. The first-order valence-electron chi connectivity index (χ1n) is 6.25. The summed E-state index contributed by atoms with van der Waals surface area (Å²) in [6, 6.07) is 8.05. The van der Waals surface area contributed by atoms with Crippen molar-refractivity contribution in [3.05, 3.63) is 35.4 Å². The van der Waals surface area contributed by atoms with E-state index in [9.17, 15) is 4.79 Å². The number of hydrogen-bond donors (Lipinski definition) is 0. The van der Waals surface area contributed by atoms with Crippen LogP contribution in [0.1, 0.15) is 45.2 Å². The lowest BCUT2D eigenvalue weighted by Gasteiger charge is -2.20. The number of rotatable bonds is 1. The van der Waals surface area contributed by atoms with Crippen LogP contribution in [0.4, 0.5) is 0 Å². The van der Waals surface area contributed by atoms with Crippen LogP contribution in [0, 0.1) is 0 Å². The second-order valence-corrected chi connectivity index (χ2v) is 5.79. The molecule has 2 rings (SSSR count). The monoisotopic (exact) mass is 245 g/mol. The maximum atomic E-state index is 11.4. The Hall–Kier alpha value is -1.64. The van der Waals surface area contributed by atoms with Gasteiger partial charge in [-0.1, -0.05) is 32.9 Å². The highest BCUT2D eigenvalue weighted by Gasteiger charge is 2.21. The number of esters is 1. The maximum absolute atomic E-state index is 11.4. The Bertz CT molecular complexity index is 480. The van der Waals surface area contributed by atoms with Gasteiger partial charge >= 0.3 is 5.97 Å². The van der Waals surface area contributed by atoms with Crippen molar-refractivity contribution in [2.75, 3.05) is 0 Å². The predicted octanol–water partition coefficient (Wildman–Crippen LogP) is 3.07. The molecule has 96 valence electrons. The topological polar surface area (TPSA) is 38.7 Å². The highest BCUT2D eigenvalue weighted by atomic mass is 16.5. The molecule has 18 heavy (non-hydrogen) atoms. The van der Waals surface area contributed by atoms with Gasteiger partial charge in [0, 0.05) is 5.56 Å². The highest BCUT2D eigenvalue weighted by Crippen LogP contribution is 2.23. The third-order valence-corrected chi connectivity index (χ3v) is 3.01. The molecule has 0 saturated heterocycles. The zero-order valence-electron chi connectivity index (χ0n) is 11.4. The molecule has 1 aliphatic rings. The molecule has 0 radical (unpaired) electrons. The fraction of sp³-hybridized carbons (Fsp3) is 0.467. The molecule has 0 saturated carbocycles. The van der Waals surface area contributed by atoms with Crippen LogP contribution >= 0.6 is 0 Å². The van der Waals surface area contributed by atoms with E-state index in [0.29, 0.717) is 12.3 Å². The van der Waals surface area contributed by atoms with Gasteiger partial charge < -0.3 is 4.74 Å². The summed E-state index contributed by atoms with van der Waals surface area (Å²) in [5, 5.41) is 0. The molecule has 0 spiro atoms. The van der Waals surface area contributed by atoms with Crippen LogP contribution in [-0.4, -0.2) is 17.9 Å². The van der Waals surface area contributed by atoms with Gasteiger partial charge in [-0.3, -0.25) is 4.79 Å². The van der Waals surface area contributed by atoms with Crippen molar-refractivity contribution >= 4 is 11.9 Å². The number of benzene rings is 1. The molecule has 1 aliphatic heterocycles. The zero-order valence-corrected chi connectivity index (χ0v) is 11.4. The van der Waals surface area contributed by atoms with Crippen molar-refractivity contribution in [3.63, 3.8) is 0 Å². The Morgan fingerprint density at radius 1 is 1.22 bits per heavy atom. The first-order valence-corrected chi connectivity index (χ1v) is 6.25. The molecule has 0 bridgehead atoms. The largest absolute Gasteiger partial charge is 0.407 e. The number of nitrogens with zero attached hydrogens (tertiary/aromatic N) is 1. The number of carbonyl (C=O) groups excluding carboxylic acids is 1. The van der Waals surface area contributed by atoms with E-state index in [-0.39, 0.29) is 17.4 Å². The van der Waals surface area contributed by atoms with Crippen molar-refractivity contribution in [1.82, 2.24) is 0 Å². The van der Waals surface area contributed by atoms with Crippen LogP contribution in [0.15, 0.2) is 29.3 Å². The highest BCUT2D eigenvalue weighted by molar-refractivity contribution is 6.02. The van der Waals surface area contributed by atoms with E-state index >= 15 is 0 Å². The van der Waals surface area contributed by atoms with Crippen LogP contribution < -0.4 is 0 Å². The van der Waals surface area contributed by atoms with Crippen molar-refractivity contribution < 1.29 is 9.53 Å². The fourth-order valence-electron chi connectivity index (χ4n) is 1.91. The first-order chi connectivity index (χ1) is 8.36. The standard InChI is InChI=1S/C15H19NO2/c1-10-9-13(17)18-14(16-10)11-5-7-12(8-6-11)15(2,3)4/h5-8,10H,9H2,1-4H3. The van der Waals surface area contributed by atoms with Gasteiger partial charge in [0.15, 0.2) is 0 Å². The van der Waals surface area contributed by atoms with Gasteiger partial charge in [0.25, 0.3) is 0 Å². The number of cyclic esters (lactones) is 1. The Labute approximate surface area is 108 Å². The van der Waals surface area contributed by atoms with Gasteiger partial charge in [-0.2, -0.15) is 0 Å². The molecule has 3 nitrogen and oxygen atoms in total. The molecule has 1 unspecified atom stereocenters. The Morgan fingerprint density at radius 2 is 1.83 bits per heavy atom. The SMILES string of the molecule is CC1CC(=O)OC(c2ccc(C(C)(C)C)cc2)=N1. The number of ether oxygens (including phenoxy) is 1. The van der Waals surface area contributed by atoms with E-state index in [4.69, 9.17) is 4.74 Å². The smallest absolute Gasteiger partial charge is 0.314 e. The summed E-state index contributed by atoms with van der Waals surface area (Å²) >= 11 is 0. The minimum absolute atomic E-state index is 0.00328. The van der Waals surface area contributed by atoms with E-state index in [1.165, 1.54) is 5.56 Å². The van der Waals surface area contributed by atoms with E-state index in [1.807, 2.05) is 19.1 Å². The number of carbonyl (C=O) groups is 1.